The molecule has 1 aromatic carbocycles. The van der Waals surface area contributed by atoms with E-state index < -0.39 is 0 Å². The van der Waals surface area contributed by atoms with E-state index >= 15 is 0 Å². The van der Waals surface area contributed by atoms with Crippen LogP contribution in [0.5, 0.6) is 0 Å². The quantitative estimate of drug-likeness (QED) is 0.855. The summed E-state index contributed by atoms with van der Waals surface area (Å²) in [6.45, 7) is 7.20. The number of carbonyl (C=O) groups excluding carboxylic acids is 1. The number of nitrogens with one attached hydrogen (secondary N) is 1. The number of hydrogen-bond acceptors (Lipinski definition) is 3. The zero-order valence-electron chi connectivity index (χ0n) is 13.2. The molecule has 2 bridgehead atoms. The average molecular weight is 287 g/mol. The average Bonchev–Trinajstić information content (AvgIpc) is 2.79. The standard InChI is InChI=1S/C18H25NO2/c1-17(2)13-9-10-18(17,3)15(11-13)21-16(20)12-19-14-7-5-4-6-8-14/h4-8,13,15,19H,9-12H2,1-3H3/t13-,15+,18+/m0/s1. The maximum atomic E-state index is 12.1. The Labute approximate surface area is 127 Å². The smallest absolute Gasteiger partial charge is 0.325 e. The molecule has 0 aliphatic heterocycles. The van der Waals surface area contributed by atoms with Gasteiger partial charge >= 0.3 is 5.97 Å². The molecule has 0 aromatic heterocycles. The SMILES string of the molecule is CC1(C)[C@H]2CC[C@]1(C)[C@H](OC(=O)CNc1ccccc1)C2. The molecule has 21 heavy (non-hydrogen) atoms. The van der Waals surface area contributed by atoms with Gasteiger partial charge in [0.15, 0.2) is 0 Å². The minimum absolute atomic E-state index is 0.0799. The first-order valence-electron chi connectivity index (χ1n) is 7.92. The molecule has 3 nitrogen and oxygen atoms in total. The lowest BCUT2D eigenvalue weighted by Crippen LogP contribution is -2.39. The van der Waals surface area contributed by atoms with Crippen molar-refractivity contribution in [3.63, 3.8) is 0 Å². The monoisotopic (exact) mass is 287 g/mol. The lowest BCUT2D eigenvalue weighted by molar-refractivity contribution is -0.154. The van der Waals surface area contributed by atoms with Gasteiger partial charge in [-0.25, -0.2) is 0 Å². The molecule has 0 amide bonds. The van der Waals surface area contributed by atoms with E-state index in [2.05, 4.69) is 26.1 Å². The highest BCUT2D eigenvalue weighted by Crippen LogP contribution is 2.66. The largest absolute Gasteiger partial charge is 0.460 e. The van der Waals surface area contributed by atoms with Crippen LogP contribution in [-0.4, -0.2) is 18.6 Å². The summed E-state index contributed by atoms with van der Waals surface area (Å²) in [6, 6.07) is 9.77. The molecule has 0 saturated heterocycles. The Bertz CT molecular complexity index is 525. The van der Waals surface area contributed by atoms with E-state index in [1.165, 1.54) is 12.8 Å². The summed E-state index contributed by atoms with van der Waals surface area (Å²) >= 11 is 0. The Kier molecular flexibility index (Phi) is 3.46. The van der Waals surface area contributed by atoms with Crippen molar-refractivity contribution < 1.29 is 9.53 Å². The van der Waals surface area contributed by atoms with E-state index in [4.69, 9.17) is 4.74 Å². The van der Waals surface area contributed by atoms with E-state index in [-0.39, 0.29) is 29.4 Å². The van der Waals surface area contributed by atoms with Gasteiger partial charge in [-0.05, 0) is 42.7 Å². The van der Waals surface area contributed by atoms with Gasteiger partial charge in [-0.1, -0.05) is 39.0 Å². The zero-order valence-corrected chi connectivity index (χ0v) is 13.2. The van der Waals surface area contributed by atoms with Crippen molar-refractivity contribution in [2.24, 2.45) is 16.7 Å². The number of anilines is 1. The number of hydrogen-bond donors (Lipinski definition) is 1. The van der Waals surface area contributed by atoms with E-state index in [0.717, 1.165) is 12.1 Å². The fourth-order valence-corrected chi connectivity index (χ4v) is 4.24. The predicted molar refractivity (Wildman–Crippen MR) is 84.0 cm³/mol. The molecule has 2 fully saturated rings. The normalized spacial score (nSPS) is 32.9. The first-order chi connectivity index (χ1) is 9.93. The lowest BCUT2D eigenvalue weighted by atomic mass is 9.70. The van der Waals surface area contributed by atoms with E-state index in [0.29, 0.717) is 5.92 Å². The molecule has 3 atom stereocenters. The first-order valence-corrected chi connectivity index (χ1v) is 7.92. The van der Waals surface area contributed by atoms with Crippen LogP contribution in [0.2, 0.25) is 0 Å². The summed E-state index contributed by atoms with van der Waals surface area (Å²) in [5.41, 5.74) is 1.37. The Hall–Kier alpha value is -1.51. The second-order valence-corrected chi connectivity index (χ2v) is 7.31. The van der Waals surface area contributed by atoms with Crippen molar-refractivity contribution in [3.8, 4) is 0 Å². The van der Waals surface area contributed by atoms with Gasteiger partial charge in [-0.3, -0.25) is 4.79 Å². The number of carbonyl (C=O) groups is 1. The molecule has 3 rings (SSSR count). The molecule has 2 aliphatic rings. The topological polar surface area (TPSA) is 38.3 Å². The summed E-state index contributed by atoms with van der Waals surface area (Å²) in [5.74, 6) is 0.552. The second kappa shape index (κ2) is 5.04. The summed E-state index contributed by atoms with van der Waals surface area (Å²) < 4.78 is 5.80. The maximum Gasteiger partial charge on any atom is 0.325 e. The van der Waals surface area contributed by atoms with Crippen LogP contribution in [0.15, 0.2) is 30.3 Å². The predicted octanol–water partition coefficient (Wildman–Crippen LogP) is 3.86. The zero-order chi connectivity index (χ0) is 15.1. The van der Waals surface area contributed by atoms with Crippen molar-refractivity contribution in [2.45, 2.75) is 46.1 Å². The van der Waals surface area contributed by atoms with Crippen LogP contribution in [0, 0.1) is 16.7 Å². The summed E-state index contributed by atoms with van der Waals surface area (Å²) in [4.78, 5) is 12.1. The summed E-state index contributed by atoms with van der Waals surface area (Å²) in [5, 5.41) is 3.12. The molecule has 0 radical (unpaired) electrons. The molecule has 1 N–H and O–H groups in total. The molecular weight excluding hydrogens is 262 g/mol. The van der Waals surface area contributed by atoms with Crippen LogP contribution >= 0.6 is 0 Å². The molecular formula is C18H25NO2. The second-order valence-electron chi connectivity index (χ2n) is 7.31. The van der Waals surface area contributed by atoms with E-state index in [1.807, 2.05) is 30.3 Å². The van der Waals surface area contributed by atoms with Crippen molar-refractivity contribution >= 4 is 11.7 Å². The number of para-hydroxylation sites is 1. The van der Waals surface area contributed by atoms with Gasteiger partial charge in [0.1, 0.15) is 12.6 Å². The van der Waals surface area contributed by atoms with Crippen molar-refractivity contribution in [3.05, 3.63) is 30.3 Å². The highest BCUT2D eigenvalue weighted by Gasteiger charge is 2.62. The van der Waals surface area contributed by atoms with Crippen LogP contribution in [0.25, 0.3) is 0 Å². The molecule has 0 heterocycles. The Morgan fingerprint density at radius 3 is 2.57 bits per heavy atom. The first kappa shape index (κ1) is 14.4. The number of ether oxygens (including phenoxy) is 1. The molecule has 3 heteroatoms. The van der Waals surface area contributed by atoms with Gasteiger partial charge in [0.05, 0.1) is 0 Å². The van der Waals surface area contributed by atoms with Crippen molar-refractivity contribution in [1.29, 1.82) is 0 Å². The van der Waals surface area contributed by atoms with E-state index in [1.54, 1.807) is 0 Å². The number of fused-ring (bicyclic) bond motifs is 2. The Morgan fingerprint density at radius 1 is 1.29 bits per heavy atom. The van der Waals surface area contributed by atoms with Gasteiger partial charge in [-0.15, -0.1) is 0 Å². The number of esters is 1. The summed E-state index contributed by atoms with van der Waals surface area (Å²) in [7, 11) is 0. The van der Waals surface area contributed by atoms with Crippen LogP contribution < -0.4 is 5.32 Å². The van der Waals surface area contributed by atoms with Crippen LogP contribution in [0.1, 0.15) is 40.0 Å². The van der Waals surface area contributed by atoms with Gasteiger partial charge in [-0.2, -0.15) is 0 Å². The number of benzene rings is 1. The third kappa shape index (κ3) is 2.33. The molecule has 114 valence electrons. The van der Waals surface area contributed by atoms with Crippen molar-refractivity contribution in [1.82, 2.24) is 0 Å². The molecule has 0 unspecified atom stereocenters. The molecule has 2 aliphatic carbocycles. The third-order valence-corrected chi connectivity index (χ3v) is 6.20. The van der Waals surface area contributed by atoms with Crippen molar-refractivity contribution in [2.75, 3.05) is 11.9 Å². The van der Waals surface area contributed by atoms with Crippen LogP contribution in [0.3, 0.4) is 0 Å². The Balaban J connectivity index is 1.57. The molecule has 0 spiro atoms. The van der Waals surface area contributed by atoms with Gasteiger partial charge in [0.2, 0.25) is 0 Å². The minimum Gasteiger partial charge on any atom is -0.460 e. The van der Waals surface area contributed by atoms with Gasteiger partial charge in [0.25, 0.3) is 0 Å². The molecule has 2 saturated carbocycles. The fourth-order valence-electron chi connectivity index (χ4n) is 4.24. The minimum atomic E-state index is -0.145. The lowest BCUT2D eigenvalue weighted by Gasteiger charge is -2.38. The van der Waals surface area contributed by atoms with Gasteiger partial charge < -0.3 is 10.1 Å². The van der Waals surface area contributed by atoms with Crippen LogP contribution in [0.4, 0.5) is 5.69 Å². The van der Waals surface area contributed by atoms with Gasteiger partial charge in [0, 0.05) is 11.1 Å². The molecule has 1 aromatic rings. The maximum absolute atomic E-state index is 12.1. The van der Waals surface area contributed by atoms with E-state index in [9.17, 15) is 4.79 Å². The fraction of sp³-hybridized carbons (Fsp3) is 0.611. The summed E-state index contributed by atoms with van der Waals surface area (Å²) in [6.07, 6.45) is 3.56. The number of rotatable bonds is 4. The van der Waals surface area contributed by atoms with Crippen LogP contribution in [-0.2, 0) is 9.53 Å². The third-order valence-electron chi connectivity index (χ3n) is 6.20. The highest BCUT2D eigenvalue weighted by atomic mass is 16.5. The Morgan fingerprint density at radius 2 is 2.00 bits per heavy atom. The highest BCUT2D eigenvalue weighted by molar-refractivity contribution is 5.75.